The van der Waals surface area contributed by atoms with Gasteiger partial charge in [-0.3, -0.25) is 9.58 Å². The molecular weight excluding hydrogens is 212 g/mol. The van der Waals surface area contributed by atoms with E-state index in [9.17, 15) is 0 Å². The van der Waals surface area contributed by atoms with Crippen molar-refractivity contribution in [3.63, 3.8) is 0 Å². The predicted octanol–water partition coefficient (Wildman–Crippen LogP) is 1.57. The Morgan fingerprint density at radius 3 is 2.88 bits per heavy atom. The Labute approximate surface area is 104 Å². The van der Waals surface area contributed by atoms with Crippen LogP contribution in [0.25, 0.3) is 0 Å². The predicted molar refractivity (Wildman–Crippen MR) is 70.1 cm³/mol. The fourth-order valence-electron chi connectivity index (χ4n) is 2.34. The number of rotatable bonds is 3. The Morgan fingerprint density at radius 2 is 2.29 bits per heavy atom. The SMILES string of the molecule is Cc1nn(C(C)C)cc1CN1CCNC(C)C1. The molecule has 0 spiro atoms. The van der Waals surface area contributed by atoms with Gasteiger partial charge in [-0.1, -0.05) is 0 Å². The largest absolute Gasteiger partial charge is 0.312 e. The van der Waals surface area contributed by atoms with Crippen molar-refractivity contribution < 1.29 is 0 Å². The molecule has 1 aliphatic heterocycles. The van der Waals surface area contributed by atoms with Crippen LogP contribution in [-0.4, -0.2) is 40.4 Å². The van der Waals surface area contributed by atoms with Crippen LogP contribution in [0, 0.1) is 6.92 Å². The van der Waals surface area contributed by atoms with Crippen molar-refractivity contribution in [3.8, 4) is 0 Å². The van der Waals surface area contributed by atoms with Crippen LogP contribution in [0.5, 0.6) is 0 Å². The zero-order valence-electron chi connectivity index (χ0n) is 11.4. The number of aryl methyl sites for hydroxylation is 1. The molecule has 4 nitrogen and oxygen atoms in total. The van der Waals surface area contributed by atoms with Crippen molar-refractivity contribution in [1.29, 1.82) is 0 Å². The van der Waals surface area contributed by atoms with Gasteiger partial charge in [0.25, 0.3) is 0 Å². The lowest BCUT2D eigenvalue weighted by Crippen LogP contribution is -2.48. The minimum Gasteiger partial charge on any atom is -0.312 e. The molecule has 4 heteroatoms. The molecule has 96 valence electrons. The van der Waals surface area contributed by atoms with E-state index in [1.165, 1.54) is 11.3 Å². The summed E-state index contributed by atoms with van der Waals surface area (Å²) in [6.45, 7) is 13.1. The highest BCUT2D eigenvalue weighted by atomic mass is 15.3. The second-order valence-electron chi connectivity index (χ2n) is 5.40. The highest BCUT2D eigenvalue weighted by molar-refractivity contribution is 5.15. The van der Waals surface area contributed by atoms with Crippen LogP contribution >= 0.6 is 0 Å². The number of nitrogens with zero attached hydrogens (tertiary/aromatic N) is 3. The van der Waals surface area contributed by atoms with Gasteiger partial charge in [-0.15, -0.1) is 0 Å². The molecular formula is C13H24N4. The Morgan fingerprint density at radius 1 is 1.53 bits per heavy atom. The van der Waals surface area contributed by atoms with Crippen molar-refractivity contribution in [2.45, 2.75) is 46.3 Å². The molecule has 1 unspecified atom stereocenters. The minimum absolute atomic E-state index is 0.449. The second kappa shape index (κ2) is 5.19. The van der Waals surface area contributed by atoms with Gasteiger partial charge in [-0.05, 0) is 27.7 Å². The molecule has 0 saturated carbocycles. The van der Waals surface area contributed by atoms with Crippen molar-refractivity contribution in [1.82, 2.24) is 20.0 Å². The third-order valence-electron chi connectivity index (χ3n) is 3.39. The van der Waals surface area contributed by atoms with Gasteiger partial charge in [0.05, 0.1) is 5.69 Å². The summed E-state index contributed by atoms with van der Waals surface area (Å²) in [5.41, 5.74) is 2.54. The van der Waals surface area contributed by atoms with E-state index in [0.29, 0.717) is 12.1 Å². The topological polar surface area (TPSA) is 33.1 Å². The van der Waals surface area contributed by atoms with Crippen LogP contribution in [0.3, 0.4) is 0 Å². The quantitative estimate of drug-likeness (QED) is 0.864. The summed E-state index contributed by atoms with van der Waals surface area (Å²) < 4.78 is 2.07. The zero-order valence-corrected chi connectivity index (χ0v) is 11.4. The summed E-state index contributed by atoms with van der Waals surface area (Å²) in [6.07, 6.45) is 2.20. The van der Waals surface area contributed by atoms with E-state index in [4.69, 9.17) is 0 Å². The molecule has 0 aliphatic carbocycles. The molecule has 0 radical (unpaired) electrons. The Balaban J connectivity index is 2.02. The third kappa shape index (κ3) is 3.07. The van der Waals surface area contributed by atoms with Crippen LogP contribution in [0.1, 0.15) is 38.1 Å². The molecule has 17 heavy (non-hydrogen) atoms. The van der Waals surface area contributed by atoms with E-state index in [1.54, 1.807) is 0 Å². The number of nitrogens with one attached hydrogen (secondary N) is 1. The van der Waals surface area contributed by atoms with Crippen molar-refractivity contribution in [2.24, 2.45) is 0 Å². The van der Waals surface area contributed by atoms with E-state index in [0.717, 1.165) is 26.2 Å². The standard InChI is InChI=1S/C13H24N4/c1-10(2)17-9-13(12(4)15-17)8-16-6-5-14-11(3)7-16/h9-11,14H,5-8H2,1-4H3. The number of hydrogen-bond acceptors (Lipinski definition) is 3. The second-order valence-corrected chi connectivity index (χ2v) is 5.40. The molecule has 1 atom stereocenters. The van der Waals surface area contributed by atoms with Gasteiger partial charge in [-0.25, -0.2) is 0 Å². The van der Waals surface area contributed by atoms with Crippen molar-refractivity contribution >= 4 is 0 Å². The molecule has 1 aliphatic rings. The summed E-state index contributed by atoms with van der Waals surface area (Å²) in [5, 5.41) is 8.04. The first-order valence-electron chi connectivity index (χ1n) is 6.56. The lowest BCUT2D eigenvalue weighted by atomic mass is 10.2. The van der Waals surface area contributed by atoms with Crippen LogP contribution < -0.4 is 5.32 Å². The van der Waals surface area contributed by atoms with Crippen molar-refractivity contribution in [2.75, 3.05) is 19.6 Å². The first kappa shape index (κ1) is 12.6. The van der Waals surface area contributed by atoms with Crippen LogP contribution in [0.4, 0.5) is 0 Å². The first-order chi connectivity index (χ1) is 8.06. The maximum absolute atomic E-state index is 4.57. The molecule has 1 aromatic heterocycles. The van der Waals surface area contributed by atoms with Crippen molar-refractivity contribution in [3.05, 3.63) is 17.5 Å². The molecule has 1 saturated heterocycles. The van der Waals surface area contributed by atoms with Gasteiger partial charge in [0.15, 0.2) is 0 Å². The zero-order chi connectivity index (χ0) is 12.4. The molecule has 0 bridgehead atoms. The average molecular weight is 236 g/mol. The van der Waals surface area contributed by atoms with E-state index < -0.39 is 0 Å². The number of aromatic nitrogens is 2. The third-order valence-corrected chi connectivity index (χ3v) is 3.39. The first-order valence-corrected chi connectivity index (χ1v) is 6.56. The summed E-state index contributed by atoms with van der Waals surface area (Å²) in [5.74, 6) is 0. The summed E-state index contributed by atoms with van der Waals surface area (Å²) in [7, 11) is 0. The van der Waals surface area contributed by atoms with Gasteiger partial charge >= 0.3 is 0 Å². The maximum Gasteiger partial charge on any atom is 0.0638 e. The summed E-state index contributed by atoms with van der Waals surface area (Å²) in [6, 6.07) is 1.05. The summed E-state index contributed by atoms with van der Waals surface area (Å²) in [4.78, 5) is 2.51. The van der Waals surface area contributed by atoms with Crippen LogP contribution in [-0.2, 0) is 6.54 Å². The van der Waals surface area contributed by atoms with Gasteiger partial charge in [0, 0.05) is 50.0 Å². The molecule has 0 aromatic carbocycles. The molecule has 2 heterocycles. The minimum atomic E-state index is 0.449. The molecule has 1 aromatic rings. The molecule has 1 N–H and O–H groups in total. The Bertz CT molecular complexity index is 369. The Hall–Kier alpha value is -0.870. The monoisotopic (exact) mass is 236 g/mol. The molecule has 0 amide bonds. The lowest BCUT2D eigenvalue weighted by Gasteiger charge is -2.31. The Kier molecular flexibility index (Phi) is 3.84. The van der Waals surface area contributed by atoms with E-state index in [-0.39, 0.29) is 0 Å². The highest BCUT2D eigenvalue weighted by Crippen LogP contribution is 2.14. The fraction of sp³-hybridized carbons (Fsp3) is 0.769. The number of hydrogen-bond donors (Lipinski definition) is 1. The molecule has 1 fully saturated rings. The van der Waals surface area contributed by atoms with Gasteiger partial charge in [0.1, 0.15) is 0 Å². The van der Waals surface area contributed by atoms with E-state index in [2.05, 4.69) is 53.9 Å². The smallest absolute Gasteiger partial charge is 0.0638 e. The van der Waals surface area contributed by atoms with Crippen LogP contribution in [0.2, 0.25) is 0 Å². The number of piperazine rings is 1. The van der Waals surface area contributed by atoms with E-state index in [1.807, 2.05) is 0 Å². The van der Waals surface area contributed by atoms with Gasteiger partial charge in [-0.2, -0.15) is 5.10 Å². The van der Waals surface area contributed by atoms with Gasteiger partial charge < -0.3 is 5.32 Å². The lowest BCUT2D eigenvalue weighted by molar-refractivity contribution is 0.199. The maximum atomic E-state index is 4.57. The highest BCUT2D eigenvalue weighted by Gasteiger charge is 2.17. The fourth-order valence-corrected chi connectivity index (χ4v) is 2.34. The van der Waals surface area contributed by atoms with Gasteiger partial charge in [0.2, 0.25) is 0 Å². The normalized spacial score (nSPS) is 22.3. The molecule has 2 rings (SSSR count). The average Bonchev–Trinajstić information content (AvgIpc) is 2.61. The van der Waals surface area contributed by atoms with Crippen LogP contribution in [0.15, 0.2) is 6.20 Å². The summed E-state index contributed by atoms with van der Waals surface area (Å²) >= 11 is 0. The van der Waals surface area contributed by atoms with E-state index >= 15 is 0 Å².